The highest BCUT2D eigenvalue weighted by atomic mass is 16.5. The molecule has 0 saturated carbocycles. The van der Waals surface area contributed by atoms with Gasteiger partial charge in [-0.2, -0.15) is 0 Å². The third-order valence-electron chi connectivity index (χ3n) is 5.16. The zero-order valence-corrected chi connectivity index (χ0v) is 17.5. The third kappa shape index (κ3) is 6.71. The quantitative estimate of drug-likeness (QED) is 0.464. The fourth-order valence-electron chi connectivity index (χ4n) is 3.52. The van der Waals surface area contributed by atoms with E-state index in [1.807, 2.05) is 35.2 Å². The maximum absolute atomic E-state index is 12.5. The van der Waals surface area contributed by atoms with Gasteiger partial charge >= 0.3 is 5.97 Å². The maximum atomic E-state index is 12.5. The standard InChI is InChI=1S/C23H30N2O5/c1-28-23(27)21-11-10-20(30-21)17-24-12-6-13-25(15-14-24)22(26)9-5-16-29-18-19-7-3-2-4-8-19/h2-4,7-8,10-11H,5-6,9,12-18H2,1H3. The highest BCUT2D eigenvalue weighted by molar-refractivity contribution is 5.86. The van der Waals surface area contributed by atoms with Crippen molar-refractivity contribution in [2.75, 3.05) is 39.9 Å². The molecule has 0 bridgehead atoms. The van der Waals surface area contributed by atoms with Crippen LogP contribution in [0.2, 0.25) is 0 Å². The van der Waals surface area contributed by atoms with Crippen LogP contribution in [0.5, 0.6) is 0 Å². The lowest BCUT2D eigenvalue weighted by Crippen LogP contribution is -2.35. The van der Waals surface area contributed by atoms with E-state index in [4.69, 9.17) is 9.15 Å². The van der Waals surface area contributed by atoms with Crippen LogP contribution in [0.1, 0.15) is 41.1 Å². The molecule has 0 N–H and O–H groups in total. The summed E-state index contributed by atoms with van der Waals surface area (Å²) >= 11 is 0. The zero-order valence-electron chi connectivity index (χ0n) is 17.5. The fourth-order valence-corrected chi connectivity index (χ4v) is 3.52. The molecule has 0 radical (unpaired) electrons. The minimum absolute atomic E-state index is 0.186. The Hall–Kier alpha value is -2.64. The zero-order chi connectivity index (χ0) is 21.2. The molecule has 0 atom stereocenters. The van der Waals surface area contributed by atoms with Crippen LogP contribution < -0.4 is 0 Å². The molecule has 7 heteroatoms. The number of hydrogen-bond donors (Lipinski definition) is 0. The number of methoxy groups -OCH3 is 1. The number of hydrogen-bond acceptors (Lipinski definition) is 6. The van der Waals surface area contributed by atoms with Crippen LogP contribution in [0.25, 0.3) is 0 Å². The molecule has 2 aromatic rings. The molecule has 0 unspecified atom stereocenters. The van der Waals surface area contributed by atoms with Gasteiger partial charge in [-0.05, 0) is 30.5 Å². The van der Waals surface area contributed by atoms with Crippen molar-refractivity contribution in [1.29, 1.82) is 0 Å². The van der Waals surface area contributed by atoms with Gasteiger partial charge in [0.2, 0.25) is 11.7 Å². The summed E-state index contributed by atoms with van der Waals surface area (Å²) in [6.45, 7) is 4.93. The van der Waals surface area contributed by atoms with E-state index in [-0.39, 0.29) is 11.7 Å². The predicted molar refractivity (Wildman–Crippen MR) is 112 cm³/mol. The number of carbonyl (C=O) groups excluding carboxylic acids is 2. The predicted octanol–water partition coefficient (Wildman–Crippen LogP) is 3.10. The van der Waals surface area contributed by atoms with Crippen LogP contribution in [0.15, 0.2) is 46.9 Å². The molecule has 1 saturated heterocycles. The molecular formula is C23H30N2O5. The van der Waals surface area contributed by atoms with Gasteiger partial charge in [0.25, 0.3) is 0 Å². The first-order valence-electron chi connectivity index (χ1n) is 10.4. The van der Waals surface area contributed by atoms with Gasteiger partial charge in [0.05, 0.1) is 20.3 Å². The van der Waals surface area contributed by atoms with Crippen molar-refractivity contribution < 1.29 is 23.5 Å². The Balaban J connectivity index is 1.35. The number of carbonyl (C=O) groups is 2. The van der Waals surface area contributed by atoms with Crippen molar-refractivity contribution in [2.24, 2.45) is 0 Å². The molecule has 1 aliphatic rings. The maximum Gasteiger partial charge on any atom is 0.373 e. The second-order valence-corrected chi connectivity index (χ2v) is 7.41. The molecular weight excluding hydrogens is 384 g/mol. The van der Waals surface area contributed by atoms with Gasteiger partial charge in [-0.15, -0.1) is 0 Å². The van der Waals surface area contributed by atoms with Gasteiger partial charge in [0, 0.05) is 39.2 Å². The normalized spacial score (nSPS) is 15.0. The van der Waals surface area contributed by atoms with E-state index in [0.717, 1.165) is 43.8 Å². The van der Waals surface area contributed by atoms with Gasteiger partial charge in [-0.25, -0.2) is 4.79 Å². The first-order valence-corrected chi connectivity index (χ1v) is 10.4. The van der Waals surface area contributed by atoms with Crippen molar-refractivity contribution >= 4 is 11.9 Å². The summed E-state index contributed by atoms with van der Waals surface area (Å²) < 4.78 is 15.9. The average molecular weight is 415 g/mol. The first kappa shape index (κ1) is 22.1. The van der Waals surface area contributed by atoms with Crippen LogP contribution in [-0.2, 0) is 27.4 Å². The summed E-state index contributed by atoms with van der Waals surface area (Å²) in [6.07, 6.45) is 2.16. The van der Waals surface area contributed by atoms with E-state index in [2.05, 4.69) is 9.64 Å². The number of ether oxygens (including phenoxy) is 2. The van der Waals surface area contributed by atoms with Crippen molar-refractivity contribution in [1.82, 2.24) is 9.80 Å². The lowest BCUT2D eigenvalue weighted by molar-refractivity contribution is -0.131. The van der Waals surface area contributed by atoms with Gasteiger partial charge in [0.15, 0.2) is 0 Å². The Labute approximate surface area is 177 Å². The van der Waals surface area contributed by atoms with E-state index in [0.29, 0.717) is 32.7 Å². The van der Waals surface area contributed by atoms with E-state index in [9.17, 15) is 9.59 Å². The molecule has 2 heterocycles. The van der Waals surface area contributed by atoms with Crippen LogP contribution in [0, 0.1) is 0 Å². The van der Waals surface area contributed by atoms with Crippen LogP contribution in [0.4, 0.5) is 0 Å². The Kier molecular flexibility index (Phi) is 8.47. The SMILES string of the molecule is COC(=O)c1ccc(CN2CCCN(C(=O)CCCOCc3ccccc3)CC2)o1. The van der Waals surface area contributed by atoms with E-state index < -0.39 is 5.97 Å². The lowest BCUT2D eigenvalue weighted by Gasteiger charge is -2.21. The van der Waals surface area contributed by atoms with Crippen molar-refractivity contribution in [3.63, 3.8) is 0 Å². The minimum atomic E-state index is -0.471. The molecule has 162 valence electrons. The Morgan fingerprint density at radius 3 is 2.67 bits per heavy atom. The minimum Gasteiger partial charge on any atom is -0.463 e. The average Bonchev–Trinajstić information content (AvgIpc) is 3.11. The number of benzene rings is 1. The topological polar surface area (TPSA) is 72.2 Å². The first-order chi connectivity index (χ1) is 14.7. The van der Waals surface area contributed by atoms with Gasteiger partial charge in [-0.3, -0.25) is 9.69 Å². The third-order valence-corrected chi connectivity index (χ3v) is 5.16. The van der Waals surface area contributed by atoms with Crippen molar-refractivity contribution in [3.05, 3.63) is 59.5 Å². The second kappa shape index (κ2) is 11.5. The summed E-state index contributed by atoms with van der Waals surface area (Å²) in [7, 11) is 1.33. The Morgan fingerprint density at radius 2 is 1.87 bits per heavy atom. The number of esters is 1. The van der Waals surface area contributed by atoms with Crippen LogP contribution in [0.3, 0.4) is 0 Å². The van der Waals surface area contributed by atoms with Gasteiger partial charge < -0.3 is 18.8 Å². The number of amides is 1. The second-order valence-electron chi connectivity index (χ2n) is 7.41. The lowest BCUT2D eigenvalue weighted by atomic mass is 10.2. The van der Waals surface area contributed by atoms with Crippen LogP contribution >= 0.6 is 0 Å². The Morgan fingerprint density at radius 1 is 1.03 bits per heavy atom. The molecule has 7 nitrogen and oxygen atoms in total. The molecule has 1 aromatic heterocycles. The molecule has 1 amide bonds. The molecule has 0 spiro atoms. The smallest absolute Gasteiger partial charge is 0.373 e. The molecule has 3 rings (SSSR count). The highest BCUT2D eigenvalue weighted by Gasteiger charge is 2.20. The molecule has 1 aliphatic heterocycles. The number of rotatable bonds is 9. The van der Waals surface area contributed by atoms with E-state index in [1.54, 1.807) is 12.1 Å². The summed E-state index contributed by atoms with van der Waals surface area (Å²) in [5.41, 5.74) is 1.15. The summed E-state index contributed by atoms with van der Waals surface area (Å²) in [5, 5.41) is 0. The highest BCUT2D eigenvalue weighted by Crippen LogP contribution is 2.14. The van der Waals surface area contributed by atoms with Crippen molar-refractivity contribution in [3.8, 4) is 0 Å². The molecule has 0 aliphatic carbocycles. The Bertz CT molecular complexity index is 805. The summed E-state index contributed by atoms with van der Waals surface area (Å²) in [4.78, 5) is 28.2. The monoisotopic (exact) mass is 414 g/mol. The molecule has 30 heavy (non-hydrogen) atoms. The van der Waals surface area contributed by atoms with E-state index >= 15 is 0 Å². The summed E-state index contributed by atoms with van der Waals surface area (Å²) in [5.74, 6) is 0.659. The number of nitrogens with zero attached hydrogens (tertiary/aromatic N) is 2. The number of furan rings is 1. The van der Waals surface area contributed by atoms with Gasteiger partial charge in [-0.1, -0.05) is 30.3 Å². The fraction of sp³-hybridized carbons (Fsp3) is 0.478. The molecule has 1 aromatic carbocycles. The van der Waals surface area contributed by atoms with Gasteiger partial charge in [0.1, 0.15) is 5.76 Å². The van der Waals surface area contributed by atoms with Crippen molar-refractivity contribution in [2.45, 2.75) is 32.4 Å². The molecule has 1 fully saturated rings. The van der Waals surface area contributed by atoms with Crippen LogP contribution in [-0.4, -0.2) is 61.6 Å². The van der Waals surface area contributed by atoms with E-state index in [1.165, 1.54) is 7.11 Å². The summed E-state index contributed by atoms with van der Waals surface area (Å²) in [6, 6.07) is 13.5. The largest absolute Gasteiger partial charge is 0.463 e.